The first-order chi connectivity index (χ1) is 14.1. The summed E-state index contributed by atoms with van der Waals surface area (Å²) in [6, 6.07) is 7.10. The van der Waals surface area contributed by atoms with Gasteiger partial charge in [0, 0.05) is 43.7 Å². The van der Waals surface area contributed by atoms with Gasteiger partial charge in [0.05, 0.1) is 11.1 Å². The molecule has 2 aliphatic rings. The molecule has 8 heteroatoms. The molecule has 3 heterocycles. The van der Waals surface area contributed by atoms with E-state index in [9.17, 15) is 14.4 Å². The third-order valence-corrected chi connectivity index (χ3v) is 6.24. The first-order valence-electron chi connectivity index (χ1n) is 10.0. The molecule has 2 aliphatic heterocycles. The first kappa shape index (κ1) is 19.6. The van der Waals surface area contributed by atoms with Gasteiger partial charge in [0.25, 0.3) is 11.8 Å². The Kier molecular flexibility index (Phi) is 5.89. The molecule has 1 fully saturated rings. The Hall–Kier alpha value is -2.74. The fourth-order valence-corrected chi connectivity index (χ4v) is 4.58. The van der Waals surface area contributed by atoms with Crippen molar-refractivity contribution in [3.8, 4) is 0 Å². The lowest BCUT2D eigenvalue weighted by Gasteiger charge is -2.16. The number of nitrogens with zero attached hydrogens (tertiary/aromatic N) is 3. The fourth-order valence-electron chi connectivity index (χ4n) is 3.90. The molecule has 7 nitrogen and oxygen atoms in total. The van der Waals surface area contributed by atoms with Gasteiger partial charge < -0.3 is 10.2 Å². The largest absolute Gasteiger partial charge is 0.352 e. The number of aromatic nitrogens is 1. The van der Waals surface area contributed by atoms with E-state index in [1.165, 1.54) is 4.90 Å². The number of carbonyl (C=O) groups excluding carboxylic acids is 3. The number of thiazole rings is 1. The Balaban J connectivity index is 1.13. The summed E-state index contributed by atoms with van der Waals surface area (Å²) in [5.74, 6) is -0.361. The van der Waals surface area contributed by atoms with Crippen molar-refractivity contribution in [2.45, 2.75) is 38.1 Å². The zero-order valence-electron chi connectivity index (χ0n) is 16.2. The van der Waals surface area contributed by atoms with Crippen LogP contribution in [-0.2, 0) is 4.79 Å². The second kappa shape index (κ2) is 8.73. The van der Waals surface area contributed by atoms with Gasteiger partial charge in [-0.15, -0.1) is 11.3 Å². The van der Waals surface area contributed by atoms with E-state index in [-0.39, 0.29) is 23.8 Å². The third kappa shape index (κ3) is 4.32. The number of fused-ring (bicyclic) bond motifs is 1. The standard InChI is InChI=1S/C21H24N4O3S/c26-18(23-15-9-12-24(14-15)21-22-10-13-29-21)8-2-1-5-11-25-19(27)16-6-3-4-7-17(16)20(25)28/h3-4,6-7,10,13,15H,1-2,5,8-9,11-12,14H2,(H,23,26). The van der Waals surface area contributed by atoms with Crippen molar-refractivity contribution >= 4 is 34.2 Å². The molecule has 0 aliphatic carbocycles. The smallest absolute Gasteiger partial charge is 0.261 e. The maximum Gasteiger partial charge on any atom is 0.261 e. The van der Waals surface area contributed by atoms with Crippen LogP contribution in [0.3, 0.4) is 0 Å². The summed E-state index contributed by atoms with van der Waals surface area (Å²) in [7, 11) is 0. The van der Waals surface area contributed by atoms with Crippen LogP contribution in [0.4, 0.5) is 5.13 Å². The van der Waals surface area contributed by atoms with Crippen LogP contribution in [0, 0.1) is 0 Å². The van der Waals surface area contributed by atoms with Crippen molar-refractivity contribution in [2.24, 2.45) is 0 Å². The summed E-state index contributed by atoms with van der Waals surface area (Å²) in [4.78, 5) is 44.7. The van der Waals surface area contributed by atoms with Crippen LogP contribution in [0.1, 0.15) is 52.8 Å². The highest BCUT2D eigenvalue weighted by molar-refractivity contribution is 7.13. The van der Waals surface area contributed by atoms with Crippen molar-refractivity contribution in [3.63, 3.8) is 0 Å². The number of imide groups is 1. The van der Waals surface area contributed by atoms with Gasteiger partial charge in [-0.25, -0.2) is 4.98 Å². The van der Waals surface area contributed by atoms with E-state index in [1.807, 2.05) is 5.38 Å². The molecule has 29 heavy (non-hydrogen) atoms. The lowest BCUT2D eigenvalue weighted by atomic mass is 10.1. The number of amides is 3. The fraction of sp³-hybridized carbons (Fsp3) is 0.429. The molecule has 1 aromatic carbocycles. The molecule has 1 unspecified atom stereocenters. The molecule has 1 saturated heterocycles. The van der Waals surface area contributed by atoms with Gasteiger partial charge in [0.15, 0.2) is 5.13 Å². The monoisotopic (exact) mass is 412 g/mol. The van der Waals surface area contributed by atoms with Crippen molar-refractivity contribution in [1.82, 2.24) is 15.2 Å². The van der Waals surface area contributed by atoms with E-state index in [4.69, 9.17) is 0 Å². The summed E-state index contributed by atoms with van der Waals surface area (Å²) >= 11 is 1.62. The molecule has 1 aromatic heterocycles. The zero-order chi connectivity index (χ0) is 20.2. The topological polar surface area (TPSA) is 82.6 Å². The minimum Gasteiger partial charge on any atom is -0.352 e. The molecule has 0 radical (unpaired) electrons. The van der Waals surface area contributed by atoms with E-state index in [0.717, 1.165) is 37.5 Å². The number of hydrogen-bond donors (Lipinski definition) is 1. The van der Waals surface area contributed by atoms with Gasteiger partial charge in [0.2, 0.25) is 5.91 Å². The summed E-state index contributed by atoms with van der Waals surface area (Å²) < 4.78 is 0. The van der Waals surface area contributed by atoms with Crippen molar-refractivity contribution < 1.29 is 14.4 Å². The summed E-state index contributed by atoms with van der Waals surface area (Å²) in [5, 5.41) is 6.08. The number of rotatable bonds is 8. The first-order valence-corrected chi connectivity index (χ1v) is 10.9. The third-order valence-electron chi connectivity index (χ3n) is 5.41. The Morgan fingerprint density at radius 3 is 2.59 bits per heavy atom. The van der Waals surface area contributed by atoms with Gasteiger partial charge in [0.1, 0.15) is 0 Å². The van der Waals surface area contributed by atoms with Crippen molar-refractivity contribution in [3.05, 3.63) is 47.0 Å². The summed E-state index contributed by atoms with van der Waals surface area (Å²) in [5.41, 5.74) is 0.973. The minimum absolute atomic E-state index is 0.0664. The normalized spacial score (nSPS) is 18.4. The van der Waals surface area contributed by atoms with Crippen LogP contribution < -0.4 is 10.2 Å². The molecular formula is C21H24N4O3S. The molecular weight excluding hydrogens is 388 g/mol. The number of benzene rings is 1. The van der Waals surface area contributed by atoms with E-state index in [2.05, 4.69) is 15.2 Å². The second-order valence-electron chi connectivity index (χ2n) is 7.43. The lowest BCUT2D eigenvalue weighted by Crippen LogP contribution is -2.37. The van der Waals surface area contributed by atoms with Crippen LogP contribution in [0.25, 0.3) is 0 Å². The SMILES string of the molecule is O=C(CCCCCN1C(=O)c2ccccc2C1=O)NC1CCN(c2nccs2)C1. The molecule has 3 amide bonds. The molecule has 152 valence electrons. The zero-order valence-corrected chi connectivity index (χ0v) is 17.0. The highest BCUT2D eigenvalue weighted by Crippen LogP contribution is 2.23. The van der Waals surface area contributed by atoms with Crippen LogP contribution in [0.2, 0.25) is 0 Å². The highest BCUT2D eigenvalue weighted by atomic mass is 32.1. The maximum atomic E-state index is 12.3. The average molecular weight is 413 g/mol. The van der Waals surface area contributed by atoms with Gasteiger partial charge in [-0.05, 0) is 31.4 Å². The average Bonchev–Trinajstić information content (AvgIpc) is 3.45. The second-order valence-corrected chi connectivity index (χ2v) is 8.31. The van der Waals surface area contributed by atoms with Crippen LogP contribution in [-0.4, -0.2) is 53.3 Å². The van der Waals surface area contributed by atoms with Crippen LogP contribution in [0.15, 0.2) is 35.8 Å². The molecule has 1 N–H and O–H groups in total. The number of carbonyl (C=O) groups is 3. The molecule has 1 atom stereocenters. The molecule has 2 aromatic rings. The van der Waals surface area contributed by atoms with Crippen molar-refractivity contribution in [1.29, 1.82) is 0 Å². The Bertz CT molecular complexity index is 864. The summed E-state index contributed by atoms with van der Waals surface area (Å²) in [6.45, 7) is 2.12. The number of unbranched alkanes of at least 4 members (excludes halogenated alkanes) is 2. The number of hydrogen-bond acceptors (Lipinski definition) is 6. The predicted octanol–water partition coefficient (Wildman–Crippen LogP) is 2.69. The van der Waals surface area contributed by atoms with E-state index in [1.54, 1.807) is 41.8 Å². The highest BCUT2D eigenvalue weighted by Gasteiger charge is 2.34. The number of nitrogens with one attached hydrogen (secondary N) is 1. The van der Waals surface area contributed by atoms with E-state index in [0.29, 0.717) is 30.5 Å². The Labute approximate surface area is 173 Å². The Morgan fingerprint density at radius 1 is 1.14 bits per heavy atom. The van der Waals surface area contributed by atoms with Gasteiger partial charge >= 0.3 is 0 Å². The molecule has 0 spiro atoms. The minimum atomic E-state index is -0.214. The van der Waals surface area contributed by atoms with E-state index < -0.39 is 0 Å². The van der Waals surface area contributed by atoms with Crippen molar-refractivity contribution in [2.75, 3.05) is 24.5 Å². The van der Waals surface area contributed by atoms with Gasteiger partial charge in [-0.2, -0.15) is 0 Å². The van der Waals surface area contributed by atoms with E-state index >= 15 is 0 Å². The molecule has 0 bridgehead atoms. The quantitative estimate of drug-likeness (QED) is 0.532. The summed E-state index contributed by atoms with van der Waals surface area (Å²) in [6.07, 6.45) is 5.46. The van der Waals surface area contributed by atoms with Gasteiger partial charge in [-0.1, -0.05) is 18.6 Å². The lowest BCUT2D eigenvalue weighted by molar-refractivity contribution is -0.121. The maximum absolute atomic E-state index is 12.3. The van der Waals surface area contributed by atoms with Gasteiger partial charge in [-0.3, -0.25) is 19.3 Å². The molecule has 4 rings (SSSR count). The Morgan fingerprint density at radius 2 is 1.90 bits per heavy atom. The van der Waals surface area contributed by atoms with Crippen LogP contribution in [0.5, 0.6) is 0 Å². The predicted molar refractivity (Wildman–Crippen MR) is 111 cm³/mol. The van der Waals surface area contributed by atoms with Crippen LogP contribution >= 0.6 is 11.3 Å². The molecule has 0 saturated carbocycles. The number of anilines is 1.